The predicted octanol–water partition coefficient (Wildman–Crippen LogP) is 0.139. The summed E-state index contributed by atoms with van der Waals surface area (Å²) in [5, 5.41) is 7.01. The summed E-state index contributed by atoms with van der Waals surface area (Å²) >= 11 is 0. The molecular weight excluding hydrogens is 310 g/mol. The predicted molar refractivity (Wildman–Crippen MR) is 86.5 cm³/mol. The quantitative estimate of drug-likeness (QED) is 0.825. The number of hydrogen-bond acceptors (Lipinski definition) is 6. The summed E-state index contributed by atoms with van der Waals surface area (Å²) in [5.74, 6) is 0. The van der Waals surface area contributed by atoms with Crippen LogP contribution in [-0.2, 0) is 16.0 Å². The summed E-state index contributed by atoms with van der Waals surface area (Å²) in [6.07, 6.45) is 2.58. The smallest absolute Gasteiger partial charge is 0.410 e. The molecule has 1 N–H and O–H groups in total. The lowest BCUT2D eigenvalue weighted by atomic mass is 9.98. The van der Waals surface area contributed by atoms with Crippen LogP contribution in [0, 0.1) is 0 Å². The average Bonchev–Trinajstić information content (AvgIpc) is 3.31. The van der Waals surface area contributed by atoms with Gasteiger partial charge in [0.1, 0.15) is 6.61 Å². The molecule has 4 heterocycles. The zero-order chi connectivity index (χ0) is 16.4. The molecule has 3 fully saturated rings. The highest BCUT2D eigenvalue weighted by molar-refractivity contribution is 5.71. The van der Waals surface area contributed by atoms with E-state index in [9.17, 15) is 4.79 Å². The maximum atomic E-state index is 12.3. The second-order valence-electron chi connectivity index (χ2n) is 6.93. The van der Waals surface area contributed by atoms with Crippen LogP contribution in [0.15, 0.2) is 12.3 Å². The average molecular weight is 335 g/mol. The summed E-state index contributed by atoms with van der Waals surface area (Å²) < 4.78 is 10.8. The summed E-state index contributed by atoms with van der Waals surface area (Å²) in [5.41, 5.74) is 0.945. The van der Waals surface area contributed by atoms with E-state index in [1.807, 2.05) is 11.0 Å². The maximum absolute atomic E-state index is 12.3. The molecule has 8 nitrogen and oxygen atoms in total. The van der Waals surface area contributed by atoms with Gasteiger partial charge in [0.2, 0.25) is 0 Å². The second kappa shape index (κ2) is 6.70. The normalized spacial score (nSPS) is 28.8. The van der Waals surface area contributed by atoms with Gasteiger partial charge in [-0.3, -0.25) is 19.8 Å². The van der Waals surface area contributed by atoms with Gasteiger partial charge >= 0.3 is 6.09 Å². The van der Waals surface area contributed by atoms with Gasteiger partial charge in [-0.1, -0.05) is 0 Å². The molecule has 1 atom stereocenters. The Balaban J connectivity index is 1.36. The fraction of sp³-hybridized carbons (Fsp3) is 0.750. The standard InChI is InChI=1S/C16H25N5O3/c22-15-21(6-5-19-7-9-23-10-8-19)16(13-24-15)2-4-20(12-16)11-14-1-3-17-18-14/h1,3H,2,4-13H2,(H,17,18). The van der Waals surface area contributed by atoms with Crippen LogP contribution in [0.1, 0.15) is 12.1 Å². The van der Waals surface area contributed by atoms with Crippen molar-refractivity contribution in [2.24, 2.45) is 0 Å². The molecule has 3 saturated heterocycles. The second-order valence-corrected chi connectivity index (χ2v) is 6.93. The number of aromatic nitrogens is 2. The molecule has 1 aromatic rings. The van der Waals surface area contributed by atoms with E-state index in [1.165, 1.54) is 0 Å². The first-order valence-electron chi connectivity index (χ1n) is 8.70. The number of carbonyl (C=O) groups excluding carboxylic acids is 1. The summed E-state index contributed by atoms with van der Waals surface area (Å²) in [6.45, 7) is 8.27. The Morgan fingerprint density at radius 1 is 1.21 bits per heavy atom. The van der Waals surface area contributed by atoms with Crippen molar-refractivity contribution in [3.63, 3.8) is 0 Å². The van der Waals surface area contributed by atoms with Gasteiger partial charge in [0.15, 0.2) is 0 Å². The molecule has 0 aliphatic carbocycles. The monoisotopic (exact) mass is 335 g/mol. The lowest BCUT2D eigenvalue weighted by Crippen LogP contribution is -2.52. The third-order valence-electron chi connectivity index (χ3n) is 5.36. The molecule has 1 unspecified atom stereocenters. The van der Waals surface area contributed by atoms with Crippen LogP contribution in [-0.4, -0.2) is 95.6 Å². The first-order valence-corrected chi connectivity index (χ1v) is 8.70. The summed E-state index contributed by atoms with van der Waals surface area (Å²) in [6, 6.07) is 2.00. The van der Waals surface area contributed by atoms with E-state index in [2.05, 4.69) is 20.0 Å². The lowest BCUT2D eigenvalue weighted by molar-refractivity contribution is 0.0316. The van der Waals surface area contributed by atoms with Gasteiger partial charge in [0.25, 0.3) is 0 Å². The Morgan fingerprint density at radius 2 is 2.08 bits per heavy atom. The largest absolute Gasteiger partial charge is 0.447 e. The Hall–Kier alpha value is -1.64. The molecule has 3 aliphatic rings. The number of H-pyrrole nitrogens is 1. The molecule has 0 radical (unpaired) electrons. The molecule has 1 spiro atoms. The lowest BCUT2D eigenvalue weighted by Gasteiger charge is -2.34. The molecule has 4 rings (SSSR count). The van der Waals surface area contributed by atoms with E-state index in [1.54, 1.807) is 6.20 Å². The molecular formula is C16H25N5O3. The van der Waals surface area contributed by atoms with Crippen LogP contribution >= 0.6 is 0 Å². The minimum atomic E-state index is -0.163. The number of rotatable bonds is 5. The van der Waals surface area contributed by atoms with Crippen molar-refractivity contribution in [2.45, 2.75) is 18.5 Å². The minimum Gasteiger partial charge on any atom is -0.447 e. The highest BCUT2D eigenvalue weighted by Crippen LogP contribution is 2.34. The minimum absolute atomic E-state index is 0.161. The van der Waals surface area contributed by atoms with Crippen LogP contribution in [0.5, 0.6) is 0 Å². The van der Waals surface area contributed by atoms with Gasteiger partial charge < -0.3 is 9.47 Å². The fourth-order valence-electron chi connectivity index (χ4n) is 3.97. The van der Waals surface area contributed by atoms with Crippen LogP contribution < -0.4 is 0 Å². The first-order chi connectivity index (χ1) is 11.8. The number of amides is 1. The van der Waals surface area contributed by atoms with Gasteiger partial charge in [-0.05, 0) is 12.5 Å². The van der Waals surface area contributed by atoms with Crippen LogP contribution in [0.4, 0.5) is 4.79 Å². The summed E-state index contributed by atoms with van der Waals surface area (Å²) in [4.78, 5) is 19.0. The Labute approximate surface area is 141 Å². The van der Waals surface area contributed by atoms with Crippen LogP contribution in [0.25, 0.3) is 0 Å². The molecule has 3 aliphatic heterocycles. The number of ether oxygens (including phenoxy) is 2. The van der Waals surface area contributed by atoms with Gasteiger partial charge in [-0.15, -0.1) is 0 Å². The van der Waals surface area contributed by atoms with Crippen molar-refractivity contribution in [1.82, 2.24) is 24.9 Å². The third kappa shape index (κ3) is 3.13. The Bertz CT molecular complexity index is 560. The van der Waals surface area contributed by atoms with E-state index in [4.69, 9.17) is 9.47 Å². The van der Waals surface area contributed by atoms with Crippen molar-refractivity contribution >= 4 is 6.09 Å². The molecule has 132 valence electrons. The maximum Gasteiger partial charge on any atom is 0.410 e. The van der Waals surface area contributed by atoms with E-state index in [0.29, 0.717) is 6.61 Å². The van der Waals surface area contributed by atoms with Crippen LogP contribution in [0.3, 0.4) is 0 Å². The van der Waals surface area contributed by atoms with Crippen molar-refractivity contribution in [1.29, 1.82) is 0 Å². The first kappa shape index (κ1) is 15.9. The zero-order valence-electron chi connectivity index (χ0n) is 13.9. The topological polar surface area (TPSA) is 73.9 Å². The van der Waals surface area contributed by atoms with Gasteiger partial charge in [0.05, 0.1) is 18.8 Å². The van der Waals surface area contributed by atoms with Crippen molar-refractivity contribution in [2.75, 3.05) is 59.1 Å². The number of nitrogens with one attached hydrogen (secondary N) is 1. The molecule has 0 aromatic carbocycles. The number of carbonyl (C=O) groups is 1. The zero-order valence-corrected chi connectivity index (χ0v) is 13.9. The number of hydrogen-bond donors (Lipinski definition) is 1. The molecule has 0 bridgehead atoms. The number of aromatic amines is 1. The van der Waals surface area contributed by atoms with E-state index < -0.39 is 0 Å². The molecule has 0 saturated carbocycles. The summed E-state index contributed by atoms with van der Waals surface area (Å²) in [7, 11) is 0. The highest BCUT2D eigenvalue weighted by Gasteiger charge is 2.51. The van der Waals surface area contributed by atoms with Crippen molar-refractivity contribution < 1.29 is 14.3 Å². The number of likely N-dealkylation sites (tertiary alicyclic amines) is 1. The third-order valence-corrected chi connectivity index (χ3v) is 5.36. The van der Waals surface area contributed by atoms with Crippen LogP contribution in [0.2, 0.25) is 0 Å². The van der Waals surface area contributed by atoms with E-state index in [-0.39, 0.29) is 11.6 Å². The van der Waals surface area contributed by atoms with Gasteiger partial charge in [0, 0.05) is 57.7 Å². The number of cyclic esters (lactones) is 1. The van der Waals surface area contributed by atoms with Crippen molar-refractivity contribution in [3.8, 4) is 0 Å². The molecule has 1 amide bonds. The van der Waals surface area contributed by atoms with Gasteiger partial charge in [-0.2, -0.15) is 5.10 Å². The fourth-order valence-corrected chi connectivity index (χ4v) is 3.97. The molecule has 1 aromatic heterocycles. The molecule has 8 heteroatoms. The number of morpholine rings is 1. The Morgan fingerprint density at radius 3 is 2.88 bits per heavy atom. The van der Waals surface area contributed by atoms with Crippen molar-refractivity contribution in [3.05, 3.63) is 18.0 Å². The molecule has 24 heavy (non-hydrogen) atoms. The van der Waals surface area contributed by atoms with E-state index >= 15 is 0 Å². The number of nitrogens with zero attached hydrogens (tertiary/aromatic N) is 4. The van der Waals surface area contributed by atoms with E-state index in [0.717, 1.165) is 71.1 Å². The highest BCUT2D eigenvalue weighted by atomic mass is 16.6. The Kier molecular flexibility index (Phi) is 4.43. The SMILES string of the molecule is O=C1OCC2(CCN(Cc3ccn[nH]3)C2)N1CCN1CCOCC1. The van der Waals surface area contributed by atoms with Gasteiger partial charge in [-0.25, -0.2) is 4.79 Å².